The zero-order valence-corrected chi connectivity index (χ0v) is 14.1. The van der Waals surface area contributed by atoms with Gasteiger partial charge in [-0.15, -0.1) is 0 Å². The van der Waals surface area contributed by atoms with E-state index in [-0.39, 0.29) is 25.8 Å². The van der Waals surface area contributed by atoms with Crippen LogP contribution in [0.2, 0.25) is 0 Å². The van der Waals surface area contributed by atoms with Crippen LogP contribution >= 0.6 is 0 Å². The molecule has 2 fully saturated rings. The molecule has 0 aliphatic carbocycles. The Kier molecular flexibility index (Phi) is 3.12. The van der Waals surface area contributed by atoms with Gasteiger partial charge in [-0.05, 0) is 35.4 Å². The summed E-state index contributed by atoms with van der Waals surface area (Å²) in [6.07, 6.45) is 0.0435. The molecule has 0 unspecified atom stereocenters. The lowest BCUT2D eigenvalue weighted by Crippen LogP contribution is -2.14. The molecule has 0 N–H and O–H groups in total. The number of fused-ring (bicyclic) bond motifs is 3. The fourth-order valence-corrected chi connectivity index (χ4v) is 4.41. The van der Waals surface area contributed by atoms with Crippen molar-refractivity contribution in [2.24, 2.45) is 11.8 Å². The van der Waals surface area contributed by atoms with Crippen molar-refractivity contribution < 1.29 is 28.4 Å². The molecule has 134 valence electrons. The highest BCUT2D eigenvalue weighted by Gasteiger charge is 2.48. The maximum Gasteiger partial charge on any atom is 0.231 e. The van der Waals surface area contributed by atoms with Gasteiger partial charge < -0.3 is 28.4 Å². The molecular formula is C20H18O6. The molecule has 0 saturated carbocycles. The summed E-state index contributed by atoms with van der Waals surface area (Å²) in [5, 5.41) is 0. The van der Waals surface area contributed by atoms with Gasteiger partial charge in [-0.25, -0.2) is 0 Å². The number of benzene rings is 2. The van der Waals surface area contributed by atoms with Gasteiger partial charge in [-0.2, -0.15) is 0 Å². The molecule has 0 spiro atoms. The van der Waals surface area contributed by atoms with E-state index >= 15 is 0 Å². The lowest BCUT2D eigenvalue weighted by Gasteiger charge is -2.17. The molecule has 0 radical (unpaired) electrons. The lowest BCUT2D eigenvalue weighted by atomic mass is 9.85. The van der Waals surface area contributed by atoms with Crippen molar-refractivity contribution in [3.63, 3.8) is 0 Å². The van der Waals surface area contributed by atoms with Crippen molar-refractivity contribution in [2.45, 2.75) is 12.2 Å². The van der Waals surface area contributed by atoms with E-state index in [1.807, 2.05) is 24.3 Å². The topological polar surface area (TPSA) is 55.4 Å². The first-order valence-electron chi connectivity index (χ1n) is 8.89. The van der Waals surface area contributed by atoms with Gasteiger partial charge in [0.25, 0.3) is 0 Å². The maximum absolute atomic E-state index is 6.18. The van der Waals surface area contributed by atoms with Gasteiger partial charge in [0, 0.05) is 11.8 Å². The second kappa shape index (κ2) is 5.53. The normalized spacial score (nSPS) is 30.6. The Morgan fingerprint density at radius 1 is 0.577 bits per heavy atom. The van der Waals surface area contributed by atoms with Crippen molar-refractivity contribution in [1.82, 2.24) is 0 Å². The summed E-state index contributed by atoms with van der Waals surface area (Å²) >= 11 is 0. The number of rotatable bonds is 2. The lowest BCUT2D eigenvalue weighted by molar-refractivity contribution is 0.0192. The van der Waals surface area contributed by atoms with E-state index in [2.05, 4.69) is 12.1 Å². The van der Waals surface area contributed by atoms with Crippen LogP contribution in [0.25, 0.3) is 0 Å². The van der Waals surface area contributed by atoms with E-state index in [0.29, 0.717) is 25.0 Å². The van der Waals surface area contributed by atoms with Gasteiger partial charge in [-0.3, -0.25) is 0 Å². The third kappa shape index (κ3) is 2.12. The molecule has 2 aromatic carbocycles. The highest BCUT2D eigenvalue weighted by molar-refractivity contribution is 5.46. The third-order valence-corrected chi connectivity index (χ3v) is 5.71. The predicted molar refractivity (Wildman–Crippen MR) is 89.5 cm³/mol. The quantitative estimate of drug-likeness (QED) is 0.825. The first kappa shape index (κ1) is 14.7. The van der Waals surface area contributed by atoms with Crippen LogP contribution in [0.1, 0.15) is 23.3 Å². The molecule has 4 heterocycles. The Balaban J connectivity index is 1.27. The summed E-state index contributed by atoms with van der Waals surface area (Å²) in [6.45, 7) is 1.93. The molecule has 0 bridgehead atoms. The van der Waals surface area contributed by atoms with Gasteiger partial charge in [0.15, 0.2) is 23.0 Å². The molecule has 26 heavy (non-hydrogen) atoms. The zero-order valence-electron chi connectivity index (χ0n) is 14.1. The minimum atomic E-state index is 0.0218. The third-order valence-electron chi connectivity index (χ3n) is 5.71. The van der Waals surface area contributed by atoms with Gasteiger partial charge >= 0.3 is 0 Å². The molecule has 6 nitrogen and oxygen atoms in total. The van der Waals surface area contributed by atoms with Crippen LogP contribution in [0.15, 0.2) is 36.4 Å². The molecule has 2 aromatic rings. The van der Waals surface area contributed by atoms with Crippen molar-refractivity contribution in [2.75, 3.05) is 26.8 Å². The fourth-order valence-electron chi connectivity index (χ4n) is 4.41. The zero-order chi connectivity index (χ0) is 17.1. The van der Waals surface area contributed by atoms with Crippen molar-refractivity contribution in [1.29, 1.82) is 0 Å². The number of hydrogen-bond acceptors (Lipinski definition) is 6. The Labute approximate surface area is 150 Å². The molecule has 6 heteroatoms. The van der Waals surface area contributed by atoms with E-state index in [1.54, 1.807) is 0 Å². The SMILES string of the molecule is c1cc2c(cc1[C@@H]1OC[C@@H]3[C@H]1CO[C@H]3c1ccc3c(c1)OCO3)OCO2. The van der Waals surface area contributed by atoms with E-state index in [0.717, 1.165) is 34.1 Å². The van der Waals surface area contributed by atoms with Gasteiger partial charge in [0.2, 0.25) is 13.6 Å². The summed E-state index contributed by atoms with van der Waals surface area (Å²) in [5.41, 5.74) is 2.24. The molecule has 0 amide bonds. The highest BCUT2D eigenvalue weighted by atomic mass is 16.7. The average Bonchev–Trinajstić information content (AvgIpc) is 3.42. The summed E-state index contributed by atoms with van der Waals surface area (Å²) in [5.74, 6) is 3.83. The molecule has 6 rings (SSSR count). The summed E-state index contributed by atoms with van der Waals surface area (Å²) in [6, 6.07) is 12.1. The van der Waals surface area contributed by atoms with E-state index in [1.165, 1.54) is 0 Å². The second-order valence-corrected chi connectivity index (χ2v) is 7.06. The minimum absolute atomic E-state index is 0.0218. The van der Waals surface area contributed by atoms with Crippen LogP contribution < -0.4 is 18.9 Å². The van der Waals surface area contributed by atoms with Crippen molar-refractivity contribution in [3.05, 3.63) is 47.5 Å². The smallest absolute Gasteiger partial charge is 0.231 e. The van der Waals surface area contributed by atoms with Crippen LogP contribution in [0.5, 0.6) is 23.0 Å². The fraction of sp³-hybridized carbons (Fsp3) is 0.400. The molecule has 2 saturated heterocycles. The molecule has 0 aromatic heterocycles. The largest absolute Gasteiger partial charge is 0.454 e. The predicted octanol–water partition coefficient (Wildman–Crippen LogP) is 3.22. The van der Waals surface area contributed by atoms with Crippen LogP contribution in [0, 0.1) is 11.8 Å². The Morgan fingerprint density at radius 2 is 1.04 bits per heavy atom. The van der Waals surface area contributed by atoms with Crippen LogP contribution in [-0.2, 0) is 9.47 Å². The monoisotopic (exact) mass is 354 g/mol. The molecular weight excluding hydrogens is 336 g/mol. The molecule has 4 aliphatic rings. The minimum Gasteiger partial charge on any atom is -0.454 e. The van der Waals surface area contributed by atoms with Crippen LogP contribution in [0.4, 0.5) is 0 Å². The van der Waals surface area contributed by atoms with Gasteiger partial charge in [0.05, 0.1) is 25.4 Å². The second-order valence-electron chi connectivity index (χ2n) is 7.06. The summed E-state index contributed by atoms with van der Waals surface area (Å²) in [4.78, 5) is 0. The molecule has 4 atom stereocenters. The molecule has 4 aliphatic heterocycles. The number of hydrogen-bond donors (Lipinski definition) is 0. The Morgan fingerprint density at radius 3 is 1.54 bits per heavy atom. The summed E-state index contributed by atoms with van der Waals surface area (Å²) in [7, 11) is 0. The maximum atomic E-state index is 6.18. The van der Waals surface area contributed by atoms with Crippen molar-refractivity contribution in [3.8, 4) is 23.0 Å². The summed E-state index contributed by atoms with van der Waals surface area (Å²) < 4.78 is 34.2. The number of ether oxygens (including phenoxy) is 6. The van der Waals surface area contributed by atoms with E-state index in [4.69, 9.17) is 28.4 Å². The van der Waals surface area contributed by atoms with Crippen LogP contribution in [-0.4, -0.2) is 26.8 Å². The van der Waals surface area contributed by atoms with Gasteiger partial charge in [-0.1, -0.05) is 12.1 Å². The standard InChI is InChI=1S/C20H18O6/c1-3-15-17(25-9-23-15)5-11(1)19-13-7-22-20(14(13)8-21-19)12-2-4-16-18(6-12)26-10-24-16/h1-6,13-14,19-20H,7-10H2/t13-,14-,19+,20+/m1/s1. The van der Waals surface area contributed by atoms with Crippen LogP contribution in [0.3, 0.4) is 0 Å². The highest BCUT2D eigenvalue weighted by Crippen LogP contribution is 2.52. The Hall–Kier alpha value is -2.44. The van der Waals surface area contributed by atoms with Gasteiger partial charge in [0.1, 0.15) is 0 Å². The van der Waals surface area contributed by atoms with Crippen molar-refractivity contribution >= 4 is 0 Å². The Bertz CT molecular complexity index is 794. The van der Waals surface area contributed by atoms with E-state index in [9.17, 15) is 0 Å². The first-order valence-corrected chi connectivity index (χ1v) is 8.89. The average molecular weight is 354 g/mol. The van der Waals surface area contributed by atoms with E-state index < -0.39 is 0 Å². The first-order chi connectivity index (χ1) is 12.9.